The zero-order chi connectivity index (χ0) is 10.2. The zero-order valence-corrected chi connectivity index (χ0v) is 13.4. The predicted molar refractivity (Wildman–Crippen MR) is 63.1 cm³/mol. The molecule has 0 aliphatic heterocycles. The van der Waals surface area contributed by atoms with E-state index in [1.165, 1.54) is 0 Å². The second-order valence-corrected chi connectivity index (χ2v) is 29.4. The number of hydrogen-bond donors (Lipinski definition) is 0. The van der Waals surface area contributed by atoms with Crippen molar-refractivity contribution < 1.29 is 24.0 Å². The number of hydrogen-bond acceptors (Lipinski definition) is 1. The third kappa shape index (κ3) is 5.38. The second-order valence-electron chi connectivity index (χ2n) is 5.43. The summed E-state index contributed by atoms with van der Waals surface area (Å²) in [7, 11) is -3.00. The molecule has 0 heterocycles. The summed E-state index contributed by atoms with van der Waals surface area (Å²) < 4.78 is 0. The molecular weight excluding hydrogens is 203 g/mol. The summed E-state index contributed by atoms with van der Waals surface area (Å²) in [6, 6.07) is 0. The van der Waals surface area contributed by atoms with Crippen molar-refractivity contribution in [3.63, 3.8) is 0 Å². The van der Waals surface area contributed by atoms with Crippen molar-refractivity contribution in [3.8, 4) is 0 Å². The molecule has 72 valence electrons. The third-order valence-electron chi connectivity index (χ3n) is 1.85. The monoisotopic (exact) mass is 224 g/mol. The Morgan fingerprint density at radius 1 is 0.923 bits per heavy atom. The molecule has 0 N–H and O–H groups in total. The first-order chi connectivity index (χ1) is 5.07. The molecule has 0 fully saturated rings. The third-order valence-corrected chi connectivity index (χ3v) is 30.2. The van der Waals surface area contributed by atoms with Gasteiger partial charge in [0, 0.05) is 0 Å². The van der Waals surface area contributed by atoms with E-state index in [1.54, 1.807) is 0 Å². The van der Waals surface area contributed by atoms with E-state index in [2.05, 4.69) is 39.3 Å². The summed E-state index contributed by atoms with van der Waals surface area (Å²) in [5.41, 5.74) is 0. The molecule has 0 radical (unpaired) electrons. The molecule has 0 saturated heterocycles. The first-order valence-electron chi connectivity index (χ1n) is 4.45. The van der Waals surface area contributed by atoms with Gasteiger partial charge in [0.25, 0.3) is 0 Å². The van der Waals surface area contributed by atoms with Gasteiger partial charge in [-0.3, -0.25) is 0 Å². The molecule has 0 aromatic rings. The van der Waals surface area contributed by atoms with E-state index < -0.39 is 22.6 Å². The normalized spacial score (nSPS) is 11.9. The van der Waals surface area contributed by atoms with E-state index in [4.69, 9.17) is 0 Å². The fourth-order valence-electron chi connectivity index (χ4n) is 2.18. The van der Waals surface area contributed by atoms with Gasteiger partial charge in [0.1, 0.15) is 0 Å². The Balaban J connectivity index is 0. The van der Waals surface area contributed by atoms with E-state index in [0.717, 1.165) is 0 Å². The van der Waals surface area contributed by atoms with Crippen molar-refractivity contribution in [1.82, 2.24) is 0 Å². The molecule has 0 aliphatic carbocycles. The van der Waals surface area contributed by atoms with Crippen LogP contribution in [-0.4, -0.2) is 28.0 Å². The summed E-state index contributed by atoms with van der Waals surface area (Å²) in [5, 5.41) is 12.1. The molecule has 5 heteroatoms. The van der Waals surface area contributed by atoms with Crippen LogP contribution in [0.5, 0.6) is 0 Å². The Labute approximate surface area is 97.9 Å². The summed E-state index contributed by atoms with van der Waals surface area (Å²) in [5.74, 6) is 0. The minimum atomic E-state index is -1.17. The van der Waals surface area contributed by atoms with Gasteiger partial charge < -0.3 is 5.11 Å². The van der Waals surface area contributed by atoms with Crippen molar-refractivity contribution in [2.75, 3.05) is 0 Å². The summed E-state index contributed by atoms with van der Waals surface area (Å²) in [6.45, 7) is 15.9. The smallest absolute Gasteiger partial charge is 0.879 e. The maximum Gasteiger partial charge on any atom is 1.00 e. The first kappa shape index (κ1) is 16.4. The Morgan fingerprint density at radius 2 is 1.15 bits per heavy atom. The van der Waals surface area contributed by atoms with Gasteiger partial charge in [-0.25, -0.2) is 0 Å². The fraction of sp³-hybridized carbons (Fsp3) is 0.875. The Kier molecular flexibility index (Phi) is 6.45. The Morgan fingerprint density at radius 3 is 1.15 bits per heavy atom. The van der Waals surface area contributed by atoms with Gasteiger partial charge in [-0.2, -0.15) is 5.35 Å². The van der Waals surface area contributed by atoms with Crippen LogP contribution in [0.3, 0.4) is 0 Å². The van der Waals surface area contributed by atoms with E-state index in [-0.39, 0.29) is 18.9 Å². The van der Waals surface area contributed by atoms with Crippen LogP contribution in [0.4, 0.5) is 0 Å². The summed E-state index contributed by atoms with van der Waals surface area (Å²) >= 11 is 0. The van der Waals surface area contributed by atoms with Gasteiger partial charge in [0.2, 0.25) is 0 Å². The topological polar surface area (TPSA) is 23.1 Å². The minimum Gasteiger partial charge on any atom is -0.879 e. The predicted octanol–water partition coefficient (Wildman–Crippen LogP) is -1.59. The van der Waals surface area contributed by atoms with Crippen LogP contribution in [0.2, 0.25) is 39.3 Å². The quantitative estimate of drug-likeness (QED) is 0.519. The Bertz CT molecular complexity index is 180. The fourth-order valence-corrected chi connectivity index (χ4v) is 39.9. The maximum absolute atomic E-state index is 11.6. The van der Waals surface area contributed by atoms with E-state index in [9.17, 15) is 5.11 Å². The molecule has 0 rings (SSSR count). The molecule has 0 spiro atoms. The first-order valence-corrected chi connectivity index (χ1v) is 15.0. The van der Waals surface area contributed by atoms with Crippen molar-refractivity contribution in [2.45, 2.75) is 46.2 Å². The van der Waals surface area contributed by atoms with E-state index in [0.29, 0.717) is 5.35 Å². The van der Waals surface area contributed by atoms with Crippen LogP contribution in [0.25, 0.3) is 0 Å². The average Bonchev–Trinajstić information content (AvgIpc) is 1.49. The van der Waals surface area contributed by atoms with E-state index in [1.807, 2.05) is 6.92 Å². The molecule has 0 aliphatic rings. The van der Waals surface area contributed by atoms with Gasteiger partial charge in [0.15, 0.2) is 0 Å². The van der Waals surface area contributed by atoms with Gasteiger partial charge in [-0.05, 0) is 7.44 Å². The van der Waals surface area contributed by atoms with Gasteiger partial charge in [-0.1, -0.05) is 46.2 Å². The molecule has 0 amide bonds. The molecule has 0 bridgehead atoms. The summed E-state index contributed by atoms with van der Waals surface area (Å²) in [6.07, 6.45) is 0. The van der Waals surface area contributed by atoms with Gasteiger partial charge >= 0.3 is 18.9 Å². The van der Waals surface area contributed by atoms with Crippen LogP contribution in [0.1, 0.15) is 6.92 Å². The average molecular weight is 224 g/mol. The van der Waals surface area contributed by atoms with E-state index >= 15 is 0 Å². The van der Waals surface area contributed by atoms with Gasteiger partial charge in [-0.15, -0.1) is 0 Å². The zero-order valence-electron chi connectivity index (χ0n) is 10.4. The van der Waals surface area contributed by atoms with Crippen LogP contribution >= 0.6 is 0 Å². The minimum absolute atomic E-state index is 0. The molecule has 0 aromatic heterocycles. The van der Waals surface area contributed by atoms with Crippen molar-refractivity contribution in [1.29, 1.82) is 0 Å². The largest absolute Gasteiger partial charge is 1.00 e. The molecule has 1 nitrogen and oxygen atoms in total. The molecule has 13 heavy (non-hydrogen) atoms. The van der Waals surface area contributed by atoms with Crippen LogP contribution < -0.4 is 24.0 Å². The number of rotatable bonds is 2. The summed E-state index contributed by atoms with van der Waals surface area (Å²) in [4.78, 5) is 0. The SMILES string of the molecule is CC([O-])=[Si]([Si](C)(C)C)[Si](C)(C)C.[Li+]. The van der Waals surface area contributed by atoms with Gasteiger partial charge in [0.05, 0.1) is 15.2 Å². The van der Waals surface area contributed by atoms with Crippen molar-refractivity contribution in [3.05, 3.63) is 0 Å². The van der Waals surface area contributed by atoms with Crippen molar-refractivity contribution in [2.24, 2.45) is 0 Å². The Hall–Kier alpha value is 0.918. The van der Waals surface area contributed by atoms with Crippen LogP contribution in [0.15, 0.2) is 0 Å². The van der Waals surface area contributed by atoms with Crippen LogP contribution in [-0.2, 0) is 0 Å². The standard InChI is InChI=1S/C8H22OSi3.Li/c1-8(9)10(11(2,3)4)12(5,6)7;/h9H,1-7H3;/q;+1/p-1. The molecular formula is C8H21LiOSi3. The molecule has 0 aromatic carbocycles. The second kappa shape index (κ2) is 5.13. The molecule has 0 atom stereocenters. The van der Waals surface area contributed by atoms with Crippen LogP contribution in [0, 0.1) is 0 Å². The maximum atomic E-state index is 11.6. The van der Waals surface area contributed by atoms with Crippen molar-refractivity contribution >= 4 is 28.0 Å². The molecule has 0 saturated carbocycles. The molecule has 0 unspecified atom stereocenters.